The number of hydrogen-bond donors (Lipinski definition) is 1. The number of aldehydes is 1. The quantitative estimate of drug-likeness (QED) is 0.677. The van der Waals surface area contributed by atoms with Crippen LogP contribution in [0.3, 0.4) is 0 Å². The van der Waals surface area contributed by atoms with Crippen LogP contribution in [0.25, 0.3) is 0 Å². The zero-order chi connectivity index (χ0) is 8.27. The standard InChI is InChI=1S/C7H10N2O2.CH4/c1-6-7(5-11)4-9(8-6)2-3-10;/h4-5,10H,2-3H2,1H3;1H4. The summed E-state index contributed by atoms with van der Waals surface area (Å²) in [4.78, 5) is 10.3. The molecule has 0 spiro atoms. The summed E-state index contributed by atoms with van der Waals surface area (Å²) in [7, 11) is 0. The van der Waals surface area contributed by atoms with Crippen LogP contribution in [0.5, 0.6) is 0 Å². The molecule has 1 rings (SSSR count). The van der Waals surface area contributed by atoms with E-state index in [9.17, 15) is 4.79 Å². The molecule has 0 fully saturated rings. The molecule has 68 valence electrons. The minimum atomic E-state index is 0. The fraction of sp³-hybridized carbons (Fsp3) is 0.500. The lowest BCUT2D eigenvalue weighted by Gasteiger charge is -1.93. The molecule has 0 radical (unpaired) electrons. The summed E-state index contributed by atoms with van der Waals surface area (Å²) in [5, 5.41) is 12.5. The molecule has 0 bridgehead atoms. The Bertz CT molecular complexity index is 256. The summed E-state index contributed by atoms with van der Waals surface area (Å²) < 4.78 is 1.55. The van der Waals surface area contributed by atoms with Crippen molar-refractivity contribution >= 4 is 6.29 Å². The lowest BCUT2D eigenvalue weighted by Crippen LogP contribution is -2.02. The van der Waals surface area contributed by atoms with Crippen molar-refractivity contribution in [2.24, 2.45) is 0 Å². The molecule has 12 heavy (non-hydrogen) atoms. The maximum absolute atomic E-state index is 10.3. The molecule has 0 saturated carbocycles. The number of aliphatic hydroxyl groups excluding tert-OH is 1. The monoisotopic (exact) mass is 170 g/mol. The van der Waals surface area contributed by atoms with Crippen LogP contribution in [0.4, 0.5) is 0 Å². The van der Waals surface area contributed by atoms with Gasteiger partial charge < -0.3 is 5.11 Å². The Hall–Kier alpha value is -1.16. The predicted molar refractivity (Wildman–Crippen MR) is 46.2 cm³/mol. The van der Waals surface area contributed by atoms with Gasteiger partial charge in [-0.25, -0.2) is 0 Å². The molecule has 1 aromatic rings. The van der Waals surface area contributed by atoms with Crippen LogP contribution in [0.15, 0.2) is 6.20 Å². The average molecular weight is 170 g/mol. The molecule has 0 aliphatic heterocycles. The maximum Gasteiger partial charge on any atom is 0.153 e. The van der Waals surface area contributed by atoms with Crippen molar-refractivity contribution in [3.8, 4) is 0 Å². The van der Waals surface area contributed by atoms with Crippen LogP contribution in [0.2, 0.25) is 0 Å². The smallest absolute Gasteiger partial charge is 0.153 e. The molecular formula is C8H14N2O2. The zero-order valence-electron chi connectivity index (χ0n) is 6.32. The van der Waals surface area contributed by atoms with Gasteiger partial charge in [0.25, 0.3) is 0 Å². The minimum Gasteiger partial charge on any atom is -0.394 e. The average Bonchev–Trinajstić information content (AvgIpc) is 2.32. The highest BCUT2D eigenvalue weighted by atomic mass is 16.3. The van der Waals surface area contributed by atoms with E-state index in [0.29, 0.717) is 17.8 Å². The van der Waals surface area contributed by atoms with Gasteiger partial charge in [0, 0.05) is 6.20 Å². The van der Waals surface area contributed by atoms with Crippen LogP contribution in [-0.4, -0.2) is 27.8 Å². The summed E-state index contributed by atoms with van der Waals surface area (Å²) in [5.41, 5.74) is 1.28. The summed E-state index contributed by atoms with van der Waals surface area (Å²) in [5.74, 6) is 0. The van der Waals surface area contributed by atoms with Gasteiger partial charge >= 0.3 is 0 Å². The SMILES string of the molecule is C.Cc1nn(CCO)cc1C=O. The topological polar surface area (TPSA) is 55.1 Å². The Kier molecular flexibility index (Phi) is 4.21. The van der Waals surface area contributed by atoms with E-state index in [1.165, 1.54) is 0 Å². The molecule has 0 aromatic carbocycles. The van der Waals surface area contributed by atoms with Gasteiger partial charge in [-0.2, -0.15) is 5.10 Å². The van der Waals surface area contributed by atoms with Gasteiger partial charge in [-0.1, -0.05) is 7.43 Å². The molecule has 1 heterocycles. The van der Waals surface area contributed by atoms with E-state index >= 15 is 0 Å². The number of nitrogens with zero attached hydrogens (tertiary/aromatic N) is 2. The van der Waals surface area contributed by atoms with Crippen LogP contribution in [0.1, 0.15) is 23.5 Å². The third-order valence-electron chi connectivity index (χ3n) is 1.44. The van der Waals surface area contributed by atoms with Gasteiger partial charge in [0.15, 0.2) is 6.29 Å². The van der Waals surface area contributed by atoms with E-state index in [0.717, 1.165) is 6.29 Å². The van der Waals surface area contributed by atoms with Crippen molar-refractivity contribution in [3.05, 3.63) is 17.5 Å². The van der Waals surface area contributed by atoms with Crippen molar-refractivity contribution in [2.45, 2.75) is 20.9 Å². The largest absolute Gasteiger partial charge is 0.394 e. The molecular weight excluding hydrogens is 156 g/mol. The summed E-state index contributed by atoms with van der Waals surface area (Å²) >= 11 is 0. The normalized spacial score (nSPS) is 9.17. The Morgan fingerprint density at radius 1 is 1.75 bits per heavy atom. The van der Waals surface area contributed by atoms with Crippen molar-refractivity contribution in [3.63, 3.8) is 0 Å². The van der Waals surface area contributed by atoms with Crippen LogP contribution in [-0.2, 0) is 6.54 Å². The second-order valence-corrected chi connectivity index (χ2v) is 2.27. The van der Waals surface area contributed by atoms with Crippen LogP contribution >= 0.6 is 0 Å². The number of aryl methyl sites for hydroxylation is 1. The zero-order valence-corrected chi connectivity index (χ0v) is 6.32. The fourth-order valence-corrected chi connectivity index (χ4v) is 0.866. The highest BCUT2D eigenvalue weighted by Crippen LogP contribution is 2.00. The van der Waals surface area contributed by atoms with Crippen molar-refractivity contribution < 1.29 is 9.90 Å². The fourth-order valence-electron chi connectivity index (χ4n) is 0.866. The summed E-state index contributed by atoms with van der Waals surface area (Å²) in [6, 6.07) is 0. The van der Waals surface area contributed by atoms with Gasteiger partial charge in [0.1, 0.15) is 0 Å². The van der Waals surface area contributed by atoms with Crippen LogP contribution in [0, 0.1) is 6.92 Å². The van der Waals surface area contributed by atoms with Crippen molar-refractivity contribution in [1.82, 2.24) is 9.78 Å². The third kappa shape index (κ3) is 2.17. The van der Waals surface area contributed by atoms with Gasteiger partial charge in [-0.3, -0.25) is 9.48 Å². The summed E-state index contributed by atoms with van der Waals surface area (Å²) in [6.45, 7) is 2.24. The number of aromatic nitrogens is 2. The Labute approximate surface area is 71.8 Å². The molecule has 0 atom stereocenters. The molecule has 0 aliphatic carbocycles. The Morgan fingerprint density at radius 2 is 2.42 bits per heavy atom. The van der Waals surface area contributed by atoms with Gasteiger partial charge in [-0.15, -0.1) is 0 Å². The maximum atomic E-state index is 10.3. The predicted octanol–water partition coefficient (Wildman–Crippen LogP) is 0.632. The van der Waals surface area contributed by atoms with Crippen molar-refractivity contribution in [1.29, 1.82) is 0 Å². The van der Waals surface area contributed by atoms with E-state index < -0.39 is 0 Å². The van der Waals surface area contributed by atoms with E-state index in [-0.39, 0.29) is 14.0 Å². The molecule has 0 amide bonds. The number of carbonyl (C=O) groups excluding carboxylic acids is 1. The third-order valence-corrected chi connectivity index (χ3v) is 1.44. The molecule has 0 saturated heterocycles. The van der Waals surface area contributed by atoms with E-state index in [4.69, 9.17) is 5.11 Å². The molecule has 0 unspecified atom stereocenters. The van der Waals surface area contributed by atoms with Gasteiger partial charge in [0.05, 0.1) is 24.4 Å². The first kappa shape index (κ1) is 10.8. The lowest BCUT2D eigenvalue weighted by atomic mass is 10.3. The first-order valence-corrected chi connectivity index (χ1v) is 3.38. The van der Waals surface area contributed by atoms with Crippen molar-refractivity contribution in [2.75, 3.05) is 6.61 Å². The first-order valence-electron chi connectivity index (χ1n) is 3.38. The van der Waals surface area contributed by atoms with E-state index in [1.54, 1.807) is 17.8 Å². The highest BCUT2D eigenvalue weighted by molar-refractivity contribution is 5.75. The number of aliphatic hydroxyl groups is 1. The van der Waals surface area contributed by atoms with E-state index in [1.807, 2.05) is 0 Å². The van der Waals surface area contributed by atoms with Gasteiger partial charge in [-0.05, 0) is 6.92 Å². The Balaban J connectivity index is 0.00000121. The van der Waals surface area contributed by atoms with E-state index in [2.05, 4.69) is 5.10 Å². The molecule has 0 aliphatic rings. The molecule has 1 N–H and O–H groups in total. The van der Waals surface area contributed by atoms with Gasteiger partial charge in [0.2, 0.25) is 0 Å². The minimum absolute atomic E-state index is 0. The first-order chi connectivity index (χ1) is 5.27. The number of rotatable bonds is 3. The number of carbonyl (C=O) groups is 1. The molecule has 4 heteroatoms. The second kappa shape index (κ2) is 4.66. The number of hydrogen-bond acceptors (Lipinski definition) is 3. The summed E-state index contributed by atoms with van der Waals surface area (Å²) in [6.07, 6.45) is 2.38. The lowest BCUT2D eigenvalue weighted by molar-refractivity contribution is 0.112. The highest BCUT2D eigenvalue weighted by Gasteiger charge is 2.01. The molecule has 4 nitrogen and oxygen atoms in total. The van der Waals surface area contributed by atoms with Crippen LogP contribution < -0.4 is 0 Å². The Morgan fingerprint density at radius 3 is 2.83 bits per heavy atom. The second-order valence-electron chi connectivity index (χ2n) is 2.27. The molecule has 1 aromatic heterocycles.